The largest absolute Gasteiger partial charge is 0.449 e. The van der Waals surface area contributed by atoms with Gasteiger partial charge in [0, 0.05) is 30.1 Å². The van der Waals surface area contributed by atoms with Crippen LogP contribution in [0.3, 0.4) is 0 Å². The Labute approximate surface area is 164 Å². The number of amides is 1. The molecule has 0 saturated carbocycles. The maximum atomic E-state index is 12.4. The molecule has 0 spiro atoms. The summed E-state index contributed by atoms with van der Waals surface area (Å²) in [5.41, 5.74) is 2.15. The van der Waals surface area contributed by atoms with Gasteiger partial charge in [-0.05, 0) is 25.1 Å². The Morgan fingerprint density at radius 3 is 3.00 bits per heavy atom. The fourth-order valence-electron chi connectivity index (χ4n) is 3.33. The summed E-state index contributed by atoms with van der Waals surface area (Å²) < 4.78 is 11.5. The number of hydrogen-bond acceptors (Lipinski definition) is 8. The zero-order valence-corrected chi connectivity index (χ0v) is 15.3. The molecule has 2 N–H and O–H groups in total. The normalized spacial score (nSPS) is 15.9. The highest BCUT2D eigenvalue weighted by molar-refractivity contribution is 6.16. The molecule has 3 aromatic heterocycles. The van der Waals surface area contributed by atoms with Crippen LogP contribution < -0.4 is 15.4 Å². The third kappa shape index (κ3) is 2.87. The van der Waals surface area contributed by atoms with E-state index in [9.17, 15) is 4.79 Å². The van der Waals surface area contributed by atoms with E-state index in [2.05, 4.69) is 25.6 Å². The van der Waals surface area contributed by atoms with E-state index in [1.54, 1.807) is 18.2 Å². The standard InChI is InChI=1S/C20H14N6O3/c1-10-8-22-18-17-12-2-5-15(29-16-6-11(7-21)23-9-24-16)26-13(12)3-4-14(17)28-19(18)20(27)25-10/h2-6,9-10,22H,8H2,1H3,(H,25,27)/t10-/m1/s1. The molecule has 4 heterocycles. The van der Waals surface area contributed by atoms with Gasteiger partial charge < -0.3 is 19.8 Å². The molecule has 1 amide bonds. The van der Waals surface area contributed by atoms with Crippen molar-refractivity contribution in [1.82, 2.24) is 20.3 Å². The lowest BCUT2D eigenvalue weighted by Crippen LogP contribution is -2.34. The molecule has 0 aliphatic carbocycles. The number of pyridine rings is 1. The molecular formula is C20H14N6O3. The van der Waals surface area contributed by atoms with E-state index in [0.717, 1.165) is 10.8 Å². The number of carbonyl (C=O) groups excluding carboxylic acids is 1. The van der Waals surface area contributed by atoms with Gasteiger partial charge in [-0.25, -0.2) is 15.0 Å². The van der Waals surface area contributed by atoms with Crippen LogP contribution in [0.4, 0.5) is 5.69 Å². The highest BCUT2D eigenvalue weighted by Gasteiger charge is 2.26. The smallest absolute Gasteiger partial charge is 0.289 e. The lowest BCUT2D eigenvalue weighted by Gasteiger charge is -2.09. The van der Waals surface area contributed by atoms with Gasteiger partial charge >= 0.3 is 0 Å². The molecule has 142 valence electrons. The number of nitrogens with zero attached hydrogens (tertiary/aromatic N) is 4. The number of rotatable bonds is 2. The van der Waals surface area contributed by atoms with Crippen LogP contribution in [-0.4, -0.2) is 33.4 Å². The molecule has 1 aromatic carbocycles. The maximum absolute atomic E-state index is 12.4. The molecule has 1 aliphatic heterocycles. The first-order chi connectivity index (χ1) is 14.1. The molecule has 0 fully saturated rings. The van der Waals surface area contributed by atoms with Crippen LogP contribution in [0.1, 0.15) is 23.2 Å². The summed E-state index contributed by atoms with van der Waals surface area (Å²) in [5, 5.41) is 16.8. The van der Waals surface area contributed by atoms with E-state index in [1.807, 2.05) is 19.1 Å². The van der Waals surface area contributed by atoms with Crippen molar-refractivity contribution < 1.29 is 13.9 Å². The minimum absolute atomic E-state index is 0.0144. The molecular weight excluding hydrogens is 372 g/mol. The summed E-state index contributed by atoms with van der Waals surface area (Å²) in [7, 11) is 0. The molecule has 9 nitrogen and oxygen atoms in total. The summed E-state index contributed by atoms with van der Waals surface area (Å²) in [6.07, 6.45) is 1.26. The summed E-state index contributed by atoms with van der Waals surface area (Å²) in [6.45, 7) is 2.51. The molecule has 5 rings (SSSR count). The minimum atomic E-state index is -0.244. The van der Waals surface area contributed by atoms with Gasteiger partial charge in [0.05, 0.1) is 16.6 Å². The van der Waals surface area contributed by atoms with Crippen molar-refractivity contribution in [3.63, 3.8) is 0 Å². The van der Waals surface area contributed by atoms with Crippen molar-refractivity contribution in [2.45, 2.75) is 13.0 Å². The predicted octanol–water partition coefficient (Wildman–Crippen LogP) is 2.98. The molecule has 1 aliphatic rings. The zero-order valence-electron chi connectivity index (χ0n) is 15.3. The number of aromatic nitrogens is 3. The summed E-state index contributed by atoms with van der Waals surface area (Å²) in [6, 6.07) is 10.5. The first kappa shape index (κ1) is 16.9. The summed E-state index contributed by atoms with van der Waals surface area (Å²) in [5.74, 6) is 0.580. The number of fused-ring (bicyclic) bond motifs is 5. The van der Waals surface area contributed by atoms with Gasteiger partial charge in [-0.1, -0.05) is 0 Å². The lowest BCUT2D eigenvalue weighted by atomic mass is 10.1. The fraction of sp³-hybridized carbons (Fsp3) is 0.150. The molecule has 0 bridgehead atoms. The quantitative estimate of drug-likeness (QED) is 0.538. The molecule has 29 heavy (non-hydrogen) atoms. The highest BCUT2D eigenvalue weighted by atomic mass is 16.5. The van der Waals surface area contributed by atoms with Crippen molar-refractivity contribution in [3.05, 3.63) is 48.1 Å². The number of nitrogens with one attached hydrogen (secondary N) is 2. The van der Waals surface area contributed by atoms with E-state index in [4.69, 9.17) is 14.4 Å². The van der Waals surface area contributed by atoms with Crippen LogP contribution in [-0.2, 0) is 0 Å². The Morgan fingerprint density at radius 1 is 1.24 bits per heavy atom. The first-order valence-corrected chi connectivity index (χ1v) is 8.93. The predicted molar refractivity (Wildman–Crippen MR) is 104 cm³/mol. The number of carbonyl (C=O) groups is 1. The molecule has 0 saturated heterocycles. The summed E-state index contributed by atoms with van der Waals surface area (Å²) >= 11 is 0. The van der Waals surface area contributed by atoms with Gasteiger partial charge in [0.25, 0.3) is 5.91 Å². The third-order valence-corrected chi connectivity index (χ3v) is 4.63. The molecule has 0 unspecified atom stereocenters. The average Bonchev–Trinajstić information content (AvgIpc) is 3.05. The van der Waals surface area contributed by atoms with Crippen molar-refractivity contribution in [2.24, 2.45) is 0 Å². The maximum Gasteiger partial charge on any atom is 0.289 e. The average molecular weight is 386 g/mol. The molecule has 9 heteroatoms. The Balaban J connectivity index is 1.60. The fourth-order valence-corrected chi connectivity index (χ4v) is 3.33. The van der Waals surface area contributed by atoms with E-state index in [0.29, 0.717) is 29.2 Å². The van der Waals surface area contributed by atoms with Crippen LogP contribution in [0.15, 0.2) is 41.1 Å². The Bertz CT molecular complexity index is 1320. The molecule has 0 radical (unpaired) electrons. The van der Waals surface area contributed by atoms with Gasteiger partial charge in [-0.3, -0.25) is 4.79 Å². The lowest BCUT2D eigenvalue weighted by molar-refractivity contribution is 0.0920. The van der Waals surface area contributed by atoms with Crippen LogP contribution in [0.5, 0.6) is 11.8 Å². The zero-order chi connectivity index (χ0) is 20.0. The minimum Gasteiger partial charge on any atom is -0.449 e. The Morgan fingerprint density at radius 2 is 2.14 bits per heavy atom. The van der Waals surface area contributed by atoms with Crippen LogP contribution in [0, 0.1) is 11.3 Å². The van der Waals surface area contributed by atoms with E-state index < -0.39 is 0 Å². The van der Waals surface area contributed by atoms with Crippen molar-refractivity contribution in [2.75, 3.05) is 11.9 Å². The van der Waals surface area contributed by atoms with Gasteiger partial charge in [-0.15, -0.1) is 0 Å². The van der Waals surface area contributed by atoms with Crippen molar-refractivity contribution >= 4 is 33.5 Å². The van der Waals surface area contributed by atoms with Crippen molar-refractivity contribution in [3.8, 4) is 17.8 Å². The number of nitriles is 1. The SMILES string of the molecule is C[C@@H]1CNc2c(oc3ccc4nc(Oc5cc(C#N)ncn5)ccc4c23)C(=O)N1. The summed E-state index contributed by atoms with van der Waals surface area (Å²) in [4.78, 5) is 24.8. The third-order valence-electron chi connectivity index (χ3n) is 4.63. The second kappa shape index (κ2) is 6.45. The molecule has 4 aromatic rings. The number of benzene rings is 1. The van der Waals surface area contributed by atoms with E-state index in [-0.39, 0.29) is 29.3 Å². The first-order valence-electron chi connectivity index (χ1n) is 8.93. The van der Waals surface area contributed by atoms with Crippen LogP contribution in [0.25, 0.3) is 21.9 Å². The van der Waals surface area contributed by atoms with Gasteiger partial charge in [0.1, 0.15) is 23.7 Å². The monoisotopic (exact) mass is 386 g/mol. The second-order valence-corrected chi connectivity index (χ2v) is 6.67. The second-order valence-electron chi connectivity index (χ2n) is 6.67. The number of ether oxygens (including phenoxy) is 1. The number of anilines is 1. The number of hydrogen-bond donors (Lipinski definition) is 2. The number of furan rings is 1. The van der Waals surface area contributed by atoms with Crippen LogP contribution >= 0.6 is 0 Å². The van der Waals surface area contributed by atoms with Gasteiger partial charge in [0.2, 0.25) is 17.5 Å². The topological polar surface area (TPSA) is 126 Å². The van der Waals surface area contributed by atoms with E-state index in [1.165, 1.54) is 12.4 Å². The van der Waals surface area contributed by atoms with Gasteiger partial charge in [0.15, 0.2) is 0 Å². The van der Waals surface area contributed by atoms with E-state index >= 15 is 0 Å². The van der Waals surface area contributed by atoms with Crippen LogP contribution in [0.2, 0.25) is 0 Å². The Hall–Kier alpha value is -4.19. The van der Waals surface area contributed by atoms with Gasteiger partial charge in [-0.2, -0.15) is 5.26 Å². The Kier molecular flexibility index (Phi) is 3.77. The highest BCUT2D eigenvalue weighted by Crippen LogP contribution is 2.37. The van der Waals surface area contributed by atoms with Crippen molar-refractivity contribution in [1.29, 1.82) is 5.26 Å². The molecule has 1 atom stereocenters.